The van der Waals surface area contributed by atoms with E-state index in [2.05, 4.69) is 13.0 Å². The van der Waals surface area contributed by atoms with Crippen molar-refractivity contribution in [3.8, 4) is 5.75 Å². The van der Waals surface area contributed by atoms with Crippen molar-refractivity contribution in [2.75, 3.05) is 0 Å². The summed E-state index contributed by atoms with van der Waals surface area (Å²) in [5, 5.41) is 19.7. The molecule has 0 radical (unpaired) electrons. The van der Waals surface area contributed by atoms with Gasteiger partial charge in [0.15, 0.2) is 0 Å². The van der Waals surface area contributed by atoms with E-state index in [1.165, 1.54) is 44.9 Å². The smallest absolute Gasteiger partial charge is 0.118 e. The van der Waals surface area contributed by atoms with Crippen molar-refractivity contribution in [3.05, 3.63) is 29.3 Å². The van der Waals surface area contributed by atoms with Gasteiger partial charge in [0.2, 0.25) is 0 Å². The summed E-state index contributed by atoms with van der Waals surface area (Å²) in [7, 11) is 0. The van der Waals surface area contributed by atoms with Crippen LogP contribution in [0, 0.1) is 0 Å². The highest BCUT2D eigenvalue weighted by molar-refractivity contribution is 5.37. The maximum absolute atomic E-state index is 9.99. The monoisotopic (exact) mass is 306 g/mol. The molecule has 1 aromatic rings. The van der Waals surface area contributed by atoms with Crippen LogP contribution in [0.1, 0.15) is 89.2 Å². The molecule has 1 aromatic carbocycles. The first kappa shape index (κ1) is 19.0. The molecule has 0 aliphatic carbocycles. The highest BCUT2D eigenvalue weighted by Crippen LogP contribution is 2.26. The van der Waals surface area contributed by atoms with Gasteiger partial charge in [0.1, 0.15) is 5.75 Å². The Morgan fingerprint density at radius 2 is 1.50 bits per heavy atom. The van der Waals surface area contributed by atoms with E-state index in [0.29, 0.717) is 5.75 Å². The first-order valence-corrected chi connectivity index (χ1v) is 9.06. The fraction of sp³-hybridized carbons (Fsp3) is 0.700. The largest absolute Gasteiger partial charge is 0.508 e. The van der Waals surface area contributed by atoms with Gasteiger partial charge in [-0.1, -0.05) is 70.9 Å². The van der Waals surface area contributed by atoms with Gasteiger partial charge in [-0.05, 0) is 37.0 Å². The summed E-state index contributed by atoms with van der Waals surface area (Å²) in [5.41, 5.74) is 2.14. The Morgan fingerprint density at radius 1 is 0.909 bits per heavy atom. The fourth-order valence-corrected chi connectivity index (χ4v) is 2.82. The van der Waals surface area contributed by atoms with Crippen molar-refractivity contribution in [2.45, 2.75) is 90.6 Å². The van der Waals surface area contributed by atoms with E-state index in [-0.39, 0.29) is 12.0 Å². The third-order valence-corrected chi connectivity index (χ3v) is 4.65. The Balaban J connectivity index is 2.34. The third-order valence-electron chi connectivity index (χ3n) is 4.65. The van der Waals surface area contributed by atoms with Crippen LogP contribution >= 0.6 is 0 Å². The van der Waals surface area contributed by atoms with E-state index in [4.69, 9.17) is 0 Å². The number of aryl methyl sites for hydroxylation is 1. The molecule has 0 spiro atoms. The molecule has 0 amide bonds. The maximum Gasteiger partial charge on any atom is 0.118 e. The van der Waals surface area contributed by atoms with E-state index in [1.807, 2.05) is 19.9 Å². The SMILES string of the molecule is CCCCCCCCCCc1cc(C(C)C(C)O)ccc1O. The predicted octanol–water partition coefficient (Wildman–Crippen LogP) is 5.56. The first-order valence-electron chi connectivity index (χ1n) is 9.06. The number of aliphatic hydroxyl groups excluding tert-OH is 1. The van der Waals surface area contributed by atoms with Crippen LogP contribution in [0.25, 0.3) is 0 Å². The Hall–Kier alpha value is -1.02. The molecule has 0 fully saturated rings. The van der Waals surface area contributed by atoms with E-state index >= 15 is 0 Å². The van der Waals surface area contributed by atoms with Crippen LogP contribution in [0.15, 0.2) is 18.2 Å². The van der Waals surface area contributed by atoms with Crippen LogP contribution in [0.5, 0.6) is 5.75 Å². The fourth-order valence-electron chi connectivity index (χ4n) is 2.82. The summed E-state index contributed by atoms with van der Waals surface area (Å²) >= 11 is 0. The average Bonchev–Trinajstić information content (AvgIpc) is 2.50. The number of hydrogen-bond donors (Lipinski definition) is 2. The van der Waals surface area contributed by atoms with Gasteiger partial charge in [0, 0.05) is 5.92 Å². The van der Waals surface area contributed by atoms with Gasteiger partial charge in [-0.3, -0.25) is 0 Å². The normalized spacial score (nSPS) is 14.0. The molecule has 2 atom stereocenters. The molecule has 2 heteroatoms. The van der Waals surface area contributed by atoms with Gasteiger partial charge < -0.3 is 10.2 Å². The van der Waals surface area contributed by atoms with Crippen molar-refractivity contribution in [1.29, 1.82) is 0 Å². The van der Waals surface area contributed by atoms with Gasteiger partial charge in [-0.2, -0.15) is 0 Å². The van der Waals surface area contributed by atoms with Crippen molar-refractivity contribution in [3.63, 3.8) is 0 Å². The van der Waals surface area contributed by atoms with E-state index in [1.54, 1.807) is 6.07 Å². The average molecular weight is 306 g/mol. The summed E-state index contributed by atoms with van der Waals surface area (Å²) in [5.74, 6) is 0.502. The van der Waals surface area contributed by atoms with Gasteiger partial charge >= 0.3 is 0 Å². The molecule has 1 rings (SSSR count). The van der Waals surface area contributed by atoms with Gasteiger partial charge in [0.05, 0.1) is 6.10 Å². The number of unbranched alkanes of at least 4 members (excludes halogenated alkanes) is 7. The second-order valence-corrected chi connectivity index (χ2v) is 6.64. The zero-order valence-electron chi connectivity index (χ0n) is 14.6. The van der Waals surface area contributed by atoms with Crippen LogP contribution in [-0.2, 0) is 6.42 Å². The minimum Gasteiger partial charge on any atom is -0.508 e. The van der Waals surface area contributed by atoms with Gasteiger partial charge in [-0.15, -0.1) is 0 Å². The van der Waals surface area contributed by atoms with Crippen molar-refractivity contribution < 1.29 is 10.2 Å². The molecule has 0 aromatic heterocycles. The quantitative estimate of drug-likeness (QED) is 0.525. The maximum atomic E-state index is 9.99. The van der Waals surface area contributed by atoms with Crippen LogP contribution in [0.4, 0.5) is 0 Å². The zero-order valence-corrected chi connectivity index (χ0v) is 14.6. The Morgan fingerprint density at radius 3 is 2.09 bits per heavy atom. The molecule has 2 N–H and O–H groups in total. The number of hydrogen-bond acceptors (Lipinski definition) is 2. The Labute approximate surface area is 136 Å². The number of rotatable bonds is 11. The summed E-state index contributed by atoms with van der Waals surface area (Å²) in [6.07, 6.45) is 11.0. The minimum atomic E-state index is -0.361. The summed E-state index contributed by atoms with van der Waals surface area (Å²) in [6.45, 7) is 6.09. The molecule has 0 aliphatic heterocycles. The highest BCUT2D eigenvalue weighted by Gasteiger charge is 2.13. The van der Waals surface area contributed by atoms with Crippen LogP contribution < -0.4 is 0 Å². The van der Waals surface area contributed by atoms with Crippen LogP contribution in [0.2, 0.25) is 0 Å². The number of aliphatic hydroxyl groups is 1. The summed E-state index contributed by atoms with van der Waals surface area (Å²) < 4.78 is 0. The number of benzene rings is 1. The van der Waals surface area contributed by atoms with Gasteiger partial charge in [0.25, 0.3) is 0 Å². The number of phenols is 1. The topological polar surface area (TPSA) is 40.5 Å². The first-order chi connectivity index (χ1) is 10.6. The Kier molecular flexibility index (Phi) is 9.22. The second kappa shape index (κ2) is 10.7. The lowest BCUT2D eigenvalue weighted by molar-refractivity contribution is 0.169. The van der Waals surface area contributed by atoms with E-state index in [9.17, 15) is 10.2 Å². The molecule has 0 bridgehead atoms. The Bertz CT molecular complexity index is 412. The third kappa shape index (κ3) is 6.83. The van der Waals surface area contributed by atoms with E-state index in [0.717, 1.165) is 24.0 Å². The van der Waals surface area contributed by atoms with Crippen molar-refractivity contribution in [2.24, 2.45) is 0 Å². The van der Waals surface area contributed by atoms with Crippen molar-refractivity contribution in [1.82, 2.24) is 0 Å². The minimum absolute atomic E-state index is 0.109. The van der Waals surface area contributed by atoms with Gasteiger partial charge in [-0.25, -0.2) is 0 Å². The molecule has 22 heavy (non-hydrogen) atoms. The molecule has 0 aliphatic rings. The molecule has 2 unspecified atom stereocenters. The highest BCUT2D eigenvalue weighted by atomic mass is 16.3. The lowest BCUT2D eigenvalue weighted by Gasteiger charge is -2.16. The summed E-state index contributed by atoms with van der Waals surface area (Å²) in [4.78, 5) is 0. The molecule has 2 nitrogen and oxygen atoms in total. The van der Waals surface area contributed by atoms with Crippen molar-refractivity contribution >= 4 is 0 Å². The molecule has 0 saturated heterocycles. The van der Waals surface area contributed by atoms with Crippen LogP contribution in [0.3, 0.4) is 0 Å². The zero-order chi connectivity index (χ0) is 16.4. The summed E-state index contributed by atoms with van der Waals surface area (Å²) in [6, 6.07) is 5.76. The van der Waals surface area contributed by atoms with Crippen LogP contribution in [-0.4, -0.2) is 16.3 Å². The molecule has 0 heterocycles. The lowest BCUT2D eigenvalue weighted by atomic mass is 9.93. The molecule has 126 valence electrons. The number of aromatic hydroxyl groups is 1. The second-order valence-electron chi connectivity index (χ2n) is 6.64. The standard InChI is InChI=1S/C20H34O2/c1-4-5-6-7-8-9-10-11-12-19-15-18(13-14-20(19)22)16(2)17(3)21/h13-17,21-22H,4-12H2,1-3H3. The van der Waals surface area contributed by atoms with E-state index < -0.39 is 0 Å². The molecule has 0 saturated carbocycles. The molecular weight excluding hydrogens is 272 g/mol. The predicted molar refractivity (Wildman–Crippen MR) is 94.5 cm³/mol. The lowest BCUT2D eigenvalue weighted by Crippen LogP contribution is -2.11. The molecular formula is C20H34O2. The number of phenolic OH excluding ortho intramolecular Hbond substituents is 1.